The lowest BCUT2D eigenvalue weighted by Crippen LogP contribution is -2.46. The molecule has 2 heterocycles. The second-order valence-electron chi connectivity index (χ2n) is 7.76. The normalized spacial score (nSPS) is 14.7. The van der Waals surface area contributed by atoms with E-state index in [1.807, 2.05) is 0 Å². The van der Waals surface area contributed by atoms with Crippen molar-refractivity contribution in [2.75, 3.05) is 45.3 Å². The van der Waals surface area contributed by atoms with E-state index in [2.05, 4.69) is 19.8 Å². The number of benzene rings is 2. The molecule has 1 aliphatic heterocycles. The van der Waals surface area contributed by atoms with Crippen molar-refractivity contribution in [1.29, 1.82) is 0 Å². The molecule has 4 rings (SSSR count). The number of hydrogen-bond donors (Lipinski definition) is 0. The fourth-order valence-electron chi connectivity index (χ4n) is 3.77. The van der Waals surface area contributed by atoms with Crippen LogP contribution in [0.4, 0.5) is 19.0 Å². The molecule has 0 bridgehead atoms. The zero-order valence-electron chi connectivity index (χ0n) is 18.9. The summed E-state index contributed by atoms with van der Waals surface area (Å²) in [4.78, 5) is 13.1. The number of anilines is 1. The Morgan fingerprint density at radius 1 is 0.853 bits per heavy atom. The third kappa shape index (κ3) is 5.51. The average molecular weight is 474 g/mol. The number of rotatable bonds is 7. The summed E-state index contributed by atoms with van der Waals surface area (Å²) >= 11 is 0. The monoisotopic (exact) mass is 474 g/mol. The Morgan fingerprint density at radius 3 is 2.18 bits per heavy atom. The van der Waals surface area contributed by atoms with Gasteiger partial charge in [-0.3, -0.25) is 4.90 Å². The molecule has 1 saturated heterocycles. The largest absolute Gasteiger partial charge is 0.493 e. The van der Waals surface area contributed by atoms with Gasteiger partial charge < -0.3 is 19.1 Å². The zero-order chi connectivity index (χ0) is 24.1. The molecule has 1 fully saturated rings. The molecule has 0 spiro atoms. The minimum absolute atomic E-state index is 0.380. The summed E-state index contributed by atoms with van der Waals surface area (Å²) in [6.45, 7) is 3.41. The molecule has 0 aliphatic carbocycles. The third-order valence-electron chi connectivity index (χ3n) is 5.58. The molecule has 1 aliphatic rings. The fraction of sp³-hybridized carbons (Fsp3) is 0.333. The highest BCUT2D eigenvalue weighted by atomic mass is 19.4. The van der Waals surface area contributed by atoms with Crippen molar-refractivity contribution < 1.29 is 27.4 Å². The lowest BCUT2D eigenvalue weighted by Gasteiger charge is -2.35. The number of methoxy groups -OCH3 is 2. The van der Waals surface area contributed by atoms with Crippen LogP contribution < -0.4 is 19.1 Å². The highest BCUT2D eigenvalue weighted by molar-refractivity contribution is 5.52. The molecular weight excluding hydrogens is 449 g/mol. The summed E-state index contributed by atoms with van der Waals surface area (Å²) in [7, 11) is 3.12. The Labute approximate surface area is 195 Å². The van der Waals surface area contributed by atoms with Crippen LogP contribution in [0.1, 0.15) is 11.1 Å². The van der Waals surface area contributed by atoms with E-state index >= 15 is 0 Å². The van der Waals surface area contributed by atoms with E-state index in [1.54, 1.807) is 44.8 Å². The van der Waals surface area contributed by atoms with Crippen LogP contribution in [0.15, 0.2) is 54.9 Å². The van der Waals surface area contributed by atoms with Gasteiger partial charge in [0.25, 0.3) is 5.88 Å². The Morgan fingerprint density at radius 2 is 1.53 bits per heavy atom. The number of hydrogen-bond acceptors (Lipinski definition) is 7. The average Bonchev–Trinajstić information content (AvgIpc) is 2.84. The van der Waals surface area contributed by atoms with E-state index in [9.17, 15) is 13.2 Å². The van der Waals surface area contributed by atoms with Crippen LogP contribution in [0.2, 0.25) is 0 Å². The van der Waals surface area contributed by atoms with Crippen LogP contribution in [0.5, 0.6) is 23.1 Å². The highest BCUT2D eigenvalue weighted by Crippen LogP contribution is 2.35. The van der Waals surface area contributed by atoms with Crippen LogP contribution in [-0.2, 0) is 12.7 Å². The van der Waals surface area contributed by atoms with Gasteiger partial charge in [-0.05, 0) is 29.8 Å². The van der Waals surface area contributed by atoms with E-state index in [1.165, 1.54) is 12.1 Å². The number of piperazine rings is 1. The minimum Gasteiger partial charge on any atom is -0.493 e. The maximum Gasteiger partial charge on any atom is 0.416 e. The summed E-state index contributed by atoms with van der Waals surface area (Å²) in [6.07, 6.45) is -1.14. The highest BCUT2D eigenvalue weighted by Gasteiger charge is 2.30. The van der Waals surface area contributed by atoms with Gasteiger partial charge in [0, 0.05) is 51.2 Å². The predicted molar refractivity (Wildman–Crippen MR) is 121 cm³/mol. The second kappa shape index (κ2) is 10.2. The van der Waals surface area contributed by atoms with Crippen molar-refractivity contribution in [3.8, 4) is 23.1 Å². The third-order valence-corrected chi connectivity index (χ3v) is 5.58. The summed E-state index contributed by atoms with van der Waals surface area (Å²) < 4.78 is 54.9. The van der Waals surface area contributed by atoms with Gasteiger partial charge in [-0.2, -0.15) is 13.2 Å². The van der Waals surface area contributed by atoms with Crippen molar-refractivity contribution >= 4 is 5.82 Å². The van der Waals surface area contributed by atoms with Gasteiger partial charge in [0.1, 0.15) is 5.75 Å². The molecule has 2 aromatic carbocycles. The summed E-state index contributed by atoms with van der Waals surface area (Å²) in [5.41, 5.74) is 0.212. The van der Waals surface area contributed by atoms with Gasteiger partial charge in [0.05, 0.1) is 19.8 Å². The maximum atomic E-state index is 12.8. The Hall–Kier alpha value is -3.53. The number of ether oxygens (including phenoxy) is 3. The molecule has 1 aromatic heterocycles. The van der Waals surface area contributed by atoms with E-state index in [-0.39, 0.29) is 0 Å². The van der Waals surface area contributed by atoms with E-state index < -0.39 is 11.7 Å². The number of aromatic nitrogens is 2. The van der Waals surface area contributed by atoms with E-state index in [0.29, 0.717) is 48.6 Å². The molecule has 34 heavy (non-hydrogen) atoms. The Balaban J connectivity index is 1.39. The second-order valence-corrected chi connectivity index (χ2v) is 7.76. The van der Waals surface area contributed by atoms with Crippen LogP contribution >= 0.6 is 0 Å². The van der Waals surface area contributed by atoms with E-state index in [4.69, 9.17) is 14.2 Å². The van der Waals surface area contributed by atoms with Crippen LogP contribution in [-0.4, -0.2) is 55.3 Å². The topological polar surface area (TPSA) is 60.0 Å². The van der Waals surface area contributed by atoms with Crippen LogP contribution in [0, 0.1) is 0 Å². The maximum absolute atomic E-state index is 12.8. The quantitative estimate of drug-likeness (QED) is 0.495. The smallest absolute Gasteiger partial charge is 0.416 e. The zero-order valence-corrected chi connectivity index (χ0v) is 18.9. The fourth-order valence-corrected chi connectivity index (χ4v) is 3.77. The first-order chi connectivity index (χ1) is 16.4. The lowest BCUT2D eigenvalue weighted by molar-refractivity contribution is -0.137. The Bertz CT molecular complexity index is 1100. The molecule has 180 valence electrons. The molecule has 0 unspecified atom stereocenters. The van der Waals surface area contributed by atoms with Crippen LogP contribution in [0.25, 0.3) is 0 Å². The van der Waals surface area contributed by atoms with Gasteiger partial charge >= 0.3 is 6.18 Å². The van der Waals surface area contributed by atoms with Gasteiger partial charge in [-0.25, -0.2) is 9.97 Å². The molecule has 0 N–H and O–H groups in total. The number of alkyl halides is 3. The van der Waals surface area contributed by atoms with Crippen LogP contribution in [0.3, 0.4) is 0 Å². The SMILES string of the molecule is COc1ccc(Oc2nccnc2N2CCN(Cc3ccc(C(F)(F)F)cc3)CC2)cc1OC. The standard InChI is InChI=1S/C24H25F3N4O3/c1-32-20-8-7-19(15-21(20)33-2)34-23-22(28-9-10-29-23)31-13-11-30(12-14-31)16-17-3-5-18(6-4-17)24(25,26)27/h3-10,15H,11-14,16H2,1-2H3. The first-order valence-electron chi connectivity index (χ1n) is 10.7. The van der Waals surface area contributed by atoms with Gasteiger partial charge in [0.15, 0.2) is 17.3 Å². The van der Waals surface area contributed by atoms with Gasteiger partial charge in [0.2, 0.25) is 0 Å². The van der Waals surface area contributed by atoms with Crippen molar-refractivity contribution in [3.63, 3.8) is 0 Å². The van der Waals surface area contributed by atoms with Crippen molar-refractivity contribution in [3.05, 3.63) is 66.0 Å². The molecule has 3 aromatic rings. The van der Waals surface area contributed by atoms with Crippen molar-refractivity contribution in [2.45, 2.75) is 12.7 Å². The number of nitrogens with zero attached hydrogens (tertiary/aromatic N) is 4. The molecular formula is C24H25F3N4O3. The Kier molecular flexibility index (Phi) is 7.06. The van der Waals surface area contributed by atoms with Crippen molar-refractivity contribution in [1.82, 2.24) is 14.9 Å². The predicted octanol–water partition coefficient (Wildman–Crippen LogP) is 4.63. The first kappa shape index (κ1) is 23.6. The van der Waals surface area contributed by atoms with E-state index in [0.717, 1.165) is 30.8 Å². The first-order valence-corrected chi connectivity index (χ1v) is 10.7. The lowest BCUT2D eigenvalue weighted by atomic mass is 10.1. The summed E-state index contributed by atoms with van der Waals surface area (Å²) in [5, 5.41) is 0. The van der Waals surface area contributed by atoms with Crippen molar-refractivity contribution in [2.24, 2.45) is 0 Å². The molecule has 10 heteroatoms. The van der Waals surface area contributed by atoms with Gasteiger partial charge in [-0.15, -0.1) is 0 Å². The molecule has 0 atom stereocenters. The minimum atomic E-state index is -4.32. The molecule has 0 radical (unpaired) electrons. The molecule has 0 saturated carbocycles. The summed E-state index contributed by atoms with van der Waals surface area (Å²) in [5.74, 6) is 2.69. The molecule has 0 amide bonds. The molecule has 7 nitrogen and oxygen atoms in total. The number of halogens is 3. The van der Waals surface area contributed by atoms with Gasteiger partial charge in [-0.1, -0.05) is 12.1 Å². The summed E-state index contributed by atoms with van der Waals surface area (Å²) in [6, 6.07) is 10.6.